The van der Waals surface area contributed by atoms with Gasteiger partial charge in [0.05, 0.1) is 6.10 Å². The summed E-state index contributed by atoms with van der Waals surface area (Å²) in [4.78, 5) is 0. The van der Waals surface area contributed by atoms with Gasteiger partial charge in [0, 0.05) is 19.6 Å². The van der Waals surface area contributed by atoms with Crippen molar-refractivity contribution in [3.63, 3.8) is 0 Å². The molecule has 1 aliphatic rings. The molecule has 1 saturated heterocycles. The molecule has 1 rings (SSSR count). The molecule has 1 unspecified atom stereocenters. The number of hydrogen-bond donors (Lipinski definition) is 2. The maximum Gasteiger partial charge on any atom is 0.279 e. The third-order valence-electron chi connectivity index (χ3n) is 2.15. The van der Waals surface area contributed by atoms with Gasteiger partial charge in [0.1, 0.15) is 0 Å². The minimum atomic E-state index is -3.29. The Kier molecular flexibility index (Phi) is 3.28. The summed E-state index contributed by atoms with van der Waals surface area (Å²) in [5.41, 5.74) is 0. The van der Waals surface area contributed by atoms with Gasteiger partial charge in [-0.3, -0.25) is 0 Å². The molecule has 0 bridgehead atoms. The predicted molar refractivity (Wildman–Crippen MR) is 49.3 cm³/mol. The quantitative estimate of drug-likeness (QED) is 0.635. The molecule has 1 heterocycles. The van der Waals surface area contributed by atoms with E-state index in [9.17, 15) is 13.5 Å². The van der Waals surface area contributed by atoms with Crippen LogP contribution < -0.4 is 4.72 Å². The lowest BCUT2D eigenvalue weighted by Gasteiger charge is -2.20. The maximum atomic E-state index is 11.2. The monoisotopic (exact) mass is 208 g/mol. The van der Waals surface area contributed by atoms with E-state index >= 15 is 0 Å². The van der Waals surface area contributed by atoms with Crippen molar-refractivity contribution in [1.82, 2.24) is 9.03 Å². The van der Waals surface area contributed by atoms with Crippen LogP contribution in [0.4, 0.5) is 0 Å². The molecule has 1 fully saturated rings. The second-order valence-electron chi connectivity index (χ2n) is 3.57. The molecule has 2 N–H and O–H groups in total. The highest BCUT2D eigenvalue weighted by molar-refractivity contribution is 7.87. The number of hydrogen-bond acceptors (Lipinski definition) is 3. The molecule has 0 radical (unpaired) electrons. The van der Waals surface area contributed by atoms with E-state index in [1.165, 1.54) is 4.31 Å². The fraction of sp³-hybridized carbons (Fsp3) is 1.00. The van der Waals surface area contributed by atoms with E-state index in [1.54, 1.807) is 0 Å². The van der Waals surface area contributed by atoms with Gasteiger partial charge in [0.25, 0.3) is 10.2 Å². The van der Waals surface area contributed by atoms with Crippen molar-refractivity contribution in [1.29, 1.82) is 0 Å². The molecule has 13 heavy (non-hydrogen) atoms. The van der Waals surface area contributed by atoms with Crippen LogP contribution in [0.25, 0.3) is 0 Å². The van der Waals surface area contributed by atoms with Crippen molar-refractivity contribution >= 4 is 10.2 Å². The lowest BCUT2D eigenvalue weighted by atomic mass is 10.1. The molecule has 1 aliphatic heterocycles. The number of rotatable bonds is 3. The number of β-amino-alcohol motifs (C(OH)–C–C–N with tert-alkyl or cyclic N) is 1. The molecular weight excluding hydrogens is 192 g/mol. The predicted octanol–water partition coefficient (Wildman–Crippen LogP) is -0.847. The van der Waals surface area contributed by atoms with E-state index in [-0.39, 0.29) is 12.5 Å². The zero-order valence-corrected chi connectivity index (χ0v) is 8.71. The van der Waals surface area contributed by atoms with Gasteiger partial charge in [-0.1, -0.05) is 13.8 Å². The van der Waals surface area contributed by atoms with Crippen LogP contribution >= 0.6 is 0 Å². The van der Waals surface area contributed by atoms with Crippen LogP contribution in [-0.4, -0.2) is 43.6 Å². The highest BCUT2D eigenvalue weighted by atomic mass is 32.2. The molecule has 0 aliphatic carbocycles. The molecule has 0 saturated carbocycles. The first-order chi connectivity index (χ1) is 5.93. The zero-order valence-electron chi connectivity index (χ0n) is 7.90. The molecule has 0 aromatic rings. The van der Waals surface area contributed by atoms with Crippen LogP contribution in [0.2, 0.25) is 0 Å². The third-order valence-corrected chi connectivity index (χ3v) is 3.73. The van der Waals surface area contributed by atoms with Gasteiger partial charge in [-0.25, -0.2) is 4.72 Å². The summed E-state index contributed by atoms with van der Waals surface area (Å²) < 4.78 is 26.1. The summed E-state index contributed by atoms with van der Waals surface area (Å²) in [6.07, 6.45) is -0.588. The van der Waals surface area contributed by atoms with Gasteiger partial charge in [0.2, 0.25) is 0 Å². The Balaban J connectivity index is 2.55. The van der Waals surface area contributed by atoms with Gasteiger partial charge in [-0.2, -0.15) is 12.7 Å². The van der Waals surface area contributed by atoms with Crippen LogP contribution in [0, 0.1) is 5.92 Å². The number of nitrogens with zero attached hydrogens (tertiary/aromatic N) is 1. The fourth-order valence-electron chi connectivity index (χ4n) is 1.12. The first-order valence-electron chi connectivity index (χ1n) is 4.36. The summed E-state index contributed by atoms with van der Waals surface area (Å²) >= 11 is 0. The topological polar surface area (TPSA) is 69.6 Å². The van der Waals surface area contributed by atoms with E-state index in [4.69, 9.17) is 0 Å². The van der Waals surface area contributed by atoms with E-state index in [0.29, 0.717) is 13.1 Å². The molecule has 1 atom stereocenters. The zero-order chi connectivity index (χ0) is 10.1. The van der Waals surface area contributed by atoms with Crippen LogP contribution in [0.5, 0.6) is 0 Å². The first kappa shape index (κ1) is 10.9. The van der Waals surface area contributed by atoms with Crippen molar-refractivity contribution in [3.8, 4) is 0 Å². The lowest BCUT2D eigenvalue weighted by Crippen LogP contribution is -2.37. The van der Waals surface area contributed by atoms with Crippen LogP contribution in [0.1, 0.15) is 13.8 Å². The Hall–Kier alpha value is -0.170. The first-order valence-corrected chi connectivity index (χ1v) is 5.80. The van der Waals surface area contributed by atoms with Crippen molar-refractivity contribution in [2.75, 3.05) is 19.6 Å². The van der Waals surface area contributed by atoms with Crippen molar-refractivity contribution < 1.29 is 13.5 Å². The Morgan fingerprint density at radius 2 is 2.15 bits per heavy atom. The van der Waals surface area contributed by atoms with Crippen LogP contribution in [0.15, 0.2) is 0 Å². The number of aliphatic hydroxyl groups is 1. The average Bonchev–Trinajstić information content (AvgIpc) is 2.30. The van der Waals surface area contributed by atoms with Crippen LogP contribution in [-0.2, 0) is 10.2 Å². The Morgan fingerprint density at radius 3 is 2.54 bits per heavy atom. The van der Waals surface area contributed by atoms with Gasteiger partial charge in [-0.15, -0.1) is 0 Å². The molecule has 0 amide bonds. The fourth-order valence-corrected chi connectivity index (χ4v) is 2.33. The molecule has 0 aromatic heterocycles. The van der Waals surface area contributed by atoms with E-state index in [2.05, 4.69) is 4.72 Å². The van der Waals surface area contributed by atoms with Gasteiger partial charge >= 0.3 is 0 Å². The minimum absolute atomic E-state index is 0.0794. The second kappa shape index (κ2) is 3.91. The van der Waals surface area contributed by atoms with E-state index in [0.717, 1.165) is 0 Å². The average molecular weight is 208 g/mol. The molecule has 0 spiro atoms. The third kappa shape index (κ3) is 2.63. The summed E-state index contributed by atoms with van der Waals surface area (Å²) in [6, 6.07) is 0. The van der Waals surface area contributed by atoms with Gasteiger partial charge in [0.15, 0.2) is 0 Å². The number of aliphatic hydroxyl groups excluding tert-OH is 1. The normalized spacial score (nSPS) is 25.2. The molecule has 5 nitrogen and oxygen atoms in total. The Bertz CT molecular complexity index is 263. The van der Waals surface area contributed by atoms with Gasteiger partial charge in [-0.05, 0) is 5.92 Å². The Morgan fingerprint density at radius 1 is 1.54 bits per heavy atom. The van der Waals surface area contributed by atoms with E-state index < -0.39 is 16.3 Å². The highest BCUT2D eigenvalue weighted by Gasteiger charge is 2.29. The standard InChI is InChI=1S/C7H16N2O3S/c1-6(2)7(10)5-9-4-3-8-13(9,11)12/h6-8,10H,3-5H2,1-2H3. The van der Waals surface area contributed by atoms with Gasteiger partial charge < -0.3 is 5.11 Å². The highest BCUT2D eigenvalue weighted by Crippen LogP contribution is 2.09. The largest absolute Gasteiger partial charge is 0.391 e. The number of nitrogens with one attached hydrogen (secondary N) is 1. The van der Waals surface area contributed by atoms with Crippen molar-refractivity contribution in [3.05, 3.63) is 0 Å². The molecule has 0 aromatic carbocycles. The maximum absolute atomic E-state index is 11.2. The van der Waals surface area contributed by atoms with Crippen LogP contribution in [0.3, 0.4) is 0 Å². The van der Waals surface area contributed by atoms with E-state index in [1.807, 2.05) is 13.8 Å². The molecule has 78 valence electrons. The lowest BCUT2D eigenvalue weighted by molar-refractivity contribution is 0.105. The molecule has 6 heteroatoms. The summed E-state index contributed by atoms with van der Waals surface area (Å²) in [6.45, 7) is 4.80. The SMILES string of the molecule is CC(C)C(O)CN1CCNS1(=O)=O. The molecular formula is C7H16N2O3S. The smallest absolute Gasteiger partial charge is 0.279 e. The minimum Gasteiger partial charge on any atom is -0.391 e. The van der Waals surface area contributed by atoms with Crippen molar-refractivity contribution in [2.24, 2.45) is 5.92 Å². The summed E-state index contributed by atoms with van der Waals surface area (Å²) in [5.74, 6) is 0.0794. The Labute approximate surface area is 78.9 Å². The second-order valence-corrected chi connectivity index (χ2v) is 5.32. The summed E-state index contributed by atoms with van der Waals surface area (Å²) in [5, 5.41) is 9.49. The van der Waals surface area contributed by atoms with Crippen molar-refractivity contribution in [2.45, 2.75) is 20.0 Å². The summed E-state index contributed by atoms with van der Waals surface area (Å²) in [7, 11) is -3.29.